The van der Waals surface area contributed by atoms with Gasteiger partial charge in [0.15, 0.2) is 0 Å². The van der Waals surface area contributed by atoms with Crippen molar-refractivity contribution in [1.29, 1.82) is 0 Å². The second-order valence-electron chi connectivity index (χ2n) is 5.25. The molecule has 2 aromatic rings. The van der Waals surface area contributed by atoms with Gasteiger partial charge in [-0.1, -0.05) is 24.3 Å². The van der Waals surface area contributed by atoms with E-state index in [-0.39, 0.29) is 6.04 Å². The third-order valence-electron chi connectivity index (χ3n) is 3.75. The Morgan fingerprint density at radius 2 is 2.20 bits per heavy atom. The fraction of sp³-hybridized carbons (Fsp3) is 0.312. The van der Waals surface area contributed by atoms with Crippen LogP contribution in [0.15, 0.2) is 30.5 Å². The molecule has 0 radical (unpaired) electrons. The maximum Gasteiger partial charge on any atom is 0.127 e. The van der Waals surface area contributed by atoms with E-state index in [4.69, 9.17) is 10.6 Å². The van der Waals surface area contributed by atoms with Gasteiger partial charge in [0.25, 0.3) is 0 Å². The van der Waals surface area contributed by atoms with Crippen LogP contribution in [0.2, 0.25) is 0 Å². The molecule has 4 nitrogen and oxygen atoms in total. The zero-order valence-electron chi connectivity index (χ0n) is 11.8. The second kappa shape index (κ2) is 5.23. The molecule has 1 aliphatic rings. The molecule has 20 heavy (non-hydrogen) atoms. The fourth-order valence-corrected chi connectivity index (χ4v) is 2.81. The number of ether oxygens (including phenoxy) is 1. The average molecular weight is 269 g/mol. The van der Waals surface area contributed by atoms with Gasteiger partial charge in [-0.2, -0.15) is 0 Å². The number of pyridine rings is 1. The number of aromatic nitrogens is 1. The lowest BCUT2D eigenvalue weighted by Gasteiger charge is -2.20. The molecule has 1 atom stereocenters. The summed E-state index contributed by atoms with van der Waals surface area (Å²) < 4.78 is 5.77. The number of hydrogen-bond donors (Lipinski definition) is 2. The minimum absolute atomic E-state index is 0.149. The van der Waals surface area contributed by atoms with Gasteiger partial charge < -0.3 is 4.74 Å². The largest absolute Gasteiger partial charge is 0.493 e. The van der Waals surface area contributed by atoms with Crippen molar-refractivity contribution in [3.8, 4) is 5.75 Å². The smallest absolute Gasteiger partial charge is 0.127 e. The van der Waals surface area contributed by atoms with Gasteiger partial charge in [0.2, 0.25) is 0 Å². The first-order valence-corrected chi connectivity index (χ1v) is 6.84. The van der Waals surface area contributed by atoms with Gasteiger partial charge >= 0.3 is 0 Å². The Bertz CT molecular complexity index is 640. The van der Waals surface area contributed by atoms with E-state index in [9.17, 15) is 0 Å². The zero-order chi connectivity index (χ0) is 14.1. The maximum absolute atomic E-state index is 5.79. The molecule has 0 saturated carbocycles. The van der Waals surface area contributed by atoms with Crippen LogP contribution in [-0.2, 0) is 6.42 Å². The molecule has 3 N–H and O–H groups in total. The first-order valence-electron chi connectivity index (χ1n) is 6.84. The zero-order valence-corrected chi connectivity index (χ0v) is 11.8. The predicted molar refractivity (Wildman–Crippen MR) is 78.5 cm³/mol. The molecule has 4 heteroatoms. The highest BCUT2D eigenvalue weighted by atomic mass is 16.5. The van der Waals surface area contributed by atoms with Crippen molar-refractivity contribution in [3.63, 3.8) is 0 Å². The molecule has 0 amide bonds. The number of benzene rings is 1. The number of nitrogens with zero attached hydrogens (tertiary/aromatic N) is 1. The lowest BCUT2D eigenvalue weighted by Crippen LogP contribution is -2.30. The fourth-order valence-electron chi connectivity index (χ4n) is 2.81. The Balaban J connectivity index is 2.09. The average Bonchev–Trinajstić information content (AvgIpc) is 2.91. The Morgan fingerprint density at radius 3 is 2.95 bits per heavy atom. The van der Waals surface area contributed by atoms with Crippen molar-refractivity contribution in [2.24, 2.45) is 5.84 Å². The number of nitrogens with two attached hydrogens (primary N) is 1. The summed E-state index contributed by atoms with van der Waals surface area (Å²) in [5, 5.41) is 0. The topological polar surface area (TPSA) is 60.2 Å². The minimum atomic E-state index is -0.149. The van der Waals surface area contributed by atoms with Crippen LogP contribution in [0.3, 0.4) is 0 Å². The highest BCUT2D eigenvalue weighted by molar-refractivity contribution is 5.48. The van der Waals surface area contributed by atoms with Gasteiger partial charge in [-0.05, 0) is 30.5 Å². The summed E-state index contributed by atoms with van der Waals surface area (Å²) in [6, 6.07) is 8.18. The predicted octanol–water partition coefficient (Wildman–Crippen LogP) is 2.19. The third kappa shape index (κ3) is 2.17. The standard InChI is InChI=1S/C16H19N3O/c1-10-8-11(2)14(18-9-10)15(19-17)13-5-3-4-12-6-7-20-16(12)13/h3-5,8-9,15,19H,6-7,17H2,1-2H3. The van der Waals surface area contributed by atoms with Gasteiger partial charge in [0, 0.05) is 18.2 Å². The Kier molecular flexibility index (Phi) is 3.42. The number of hydrazine groups is 1. The van der Waals surface area contributed by atoms with Crippen LogP contribution < -0.4 is 16.0 Å². The van der Waals surface area contributed by atoms with Crippen LogP contribution in [0.4, 0.5) is 0 Å². The summed E-state index contributed by atoms with van der Waals surface area (Å²) in [5.41, 5.74) is 8.41. The van der Waals surface area contributed by atoms with Crippen LogP contribution in [0.5, 0.6) is 5.75 Å². The van der Waals surface area contributed by atoms with Crippen molar-refractivity contribution in [1.82, 2.24) is 10.4 Å². The summed E-state index contributed by atoms with van der Waals surface area (Å²) in [4.78, 5) is 4.55. The highest BCUT2D eigenvalue weighted by Gasteiger charge is 2.24. The van der Waals surface area contributed by atoms with E-state index in [1.807, 2.05) is 13.1 Å². The number of aryl methyl sites for hydroxylation is 2. The molecule has 0 spiro atoms. The van der Waals surface area contributed by atoms with E-state index < -0.39 is 0 Å². The number of hydrogen-bond acceptors (Lipinski definition) is 4. The Hall–Kier alpha value is -1.91. The minimum Gasteiger partial charge on any atom is -0.493 e. The van der Waals surface area contributed by atoms with E-state index in [2.05, 4.69) is 41.6 Å². The molecular formula is C16H19N3O. The molecule has 104 valence electrons. The molecule has 2 heterocycles. The lowest BCUT2D eigenvalue weighted by atomic mass is 9.97. The number of rotatable bonds is 3. The van der Waals surface area contributed by atoms with Crippen molar-refractivity contribution in [3.05, 3.63) is 58.4 Å². The van der Waals surface area contributed by atoms with Crippen molar-refractivity contribution >= 4 is 0 Å². The van der Waals surface area contributed by atoms with Gasteiger partial charge in [-0.15, -0.1) is 0 Å². The number of fused-ring (bicyclic) bond motifs is 1. The van der Waals surface area contributed by atoms with Gasteiger partial charge in [0.1, 0.15) is 5.75 Å². The molecule has 0 saturated heterocycles. The van der Waals surface area contributed by atoms with Crippen molar-refractivity contribution in [2.45, 2.75) is 26.3 Å². The number of para-hydroxylation sites is 1. The first kappa shape index (κ1) is 13.1. The van der Waals surface area contributed by atoms with Crippen molar-refractivity contribution in [2.75, 3.05) is 6.61 Å². The van der Waals surface area contributed by atoms with Crippen LogP contribution in [0, 0.1) is 13.8 Å². The molecule has 0 fully saturated rings. The molecule has 1 aromatic heterocycles. The summed E-state index contributed by atoms with van der Waals surface area (Å²) in [7, 11) is 0. The summed E-state index contributed by atoms with van der Waals surface area (Å²) in [6.07, 6.45) is 2.83. The summed E-state index contributed by atoms with van der Waals surface area (Å²) >= 11 is 0. The highest BCUT2D eigenvalue weighted by Crippen LogP contribution is 2.36. The van der Waals surface area contributed by atoms with E-state index in [1.54, 1.807) is 0 Å². The second-order valence-corrected chi connectivity index (χ2v) is 5.25. The Labute approximate surface area is 119 Å². The molecule has 1 aliphatic heterocycles. The van der Waals surface area contributed by atoms with E-state index in [1.165, 1.54) is 5.56 Å². The molecule has 0 aliphatic carbocycles. The Morgan fingerprint density at radius 1 is 1.35 bits per heavy atom. The van der Waals surface area contributed by atoms with Crippen molar-refractivity contribution < 1.29 is 4.74 Å². The molecule has 0 bridgehead atoms. The normalized spacial score (nSPS) is 14.8. The van der Waals surface area contributed by atoms with Crippen LogP contribution in [0.1, 0.15) is 34.0 Å². The van der Waals surface area contributed by atoms with Crippen LogP contribution in [0.25, 0.3) is 0 Å². The quantitative estimate of drug-likeness (QED) is 0.662. The van der Waals surface area contributed by atoms with Crippen LogP contribution >= 0.6 is 0 Å². The SMILES string of the molecule is Cc1cnc(C(NN)c2cccc3c2OCC3)c(C)c1. The molecule has 3 rings (SSSR count). The maximum atomic E-state index is 5.79. The first-order chi connectivity index (χ1) is 9.70. The number of nitrogens with one attached hydrogen (secondary N) is 1. The van der Waals surface area contributed by atoms with E-state index >= 15 is 0 Å². The summed E-state index contributed by atoms with van der Waals surface area (Å²) in [5.74, 6) is 6.75. The summed E-state index contributed by atoms with van der Waals surface area (Å²) in [6.45, 7) is 4.84. The van der Waals surface area contributed by atoms with Crippen LogP contribution in [-0.4, -0.2) is 11.6 Å². The monoisotopic (exact) mass is 269 g/mol. The third-order valence-corrected chi connectivity index (χ3v) is 3.75. The lowest BCUT2D eigenvalue weighted by molar-refractivity contribution is 0.350. The molecular weight excluding hydrogens is 250 g/mol. The van der Waals surface area contributed by atoms with Gasteiger partial charge in [-0.25, -0.2) is 5.43 Å². The molecule has 1 unspecified atom stereocenters. The van der Waals surface area contributed by atoms with E-state index in [0.717, 1.165) is 41.2 Å². The van der Waals surface area contributed by atoms with E-state index in [0.29, 0.717) is 0 Å². The molecule has 1 aromatic carbocycles. The van der Waals surface area contributed by atoms with Gasteiger partial charge in [0.05, 0.1) is 18.3 Å². The van der Waals surface area contributed by atoms with Gasteiger partial charge in [-0.3, -0.25) is 10.8 Å².